The maximum Gasteiger partial charge on any atom is 0.128 e. The molecule has 3 aromatic rings. The van der Waals surface area contributed by atoms with E-state index in [0.29, 0.717) is 12.4 Å². The topological polar surface area (TPSA) is 60.4 Å². The Hall–Kier alpha value is -2.62. The number of nitrogens with zero attached hydrogens (tertiary/aromatic N) is 1. The highest BCUT2D eigenvalue weighted by Gasteiger charge is 2.07. The summed E-state index contributed by atoms with van der Waals surface area (Å²) in [6, 6.07) is 14.7. The van der Waals surface area contributed by atoms with Crippen LogP contribution in [0.1, 0.15) is 5.69 Å². The lowest BCUT2D eigenvalue weighted by atomic mass is 10.2. The summed E-state index contributed by atoms with van der Waals surface area (Å²) in [5, 5.41) is 10.5. The predicted octanol–water partition coefficient (Wildman–Crippen LogP) is 3.05. The molecule has 0 aliphatic carbocycles. The quantitative estimate of drug-likeness (QED) is 0.718. The van der Waals surface area contributed by atoms with E-state index in [1.54, 1.807) is 18.2 Å². The first-order valence-electron chi connectivity index (χ1n) is 6.39. The van der Waals surface area contributed by atoms with Crippen LogP contribution in [0, 0.1) is 0 Å². The lowest BCUT2D eigenvalue weighted by Gasteiger charge is -2.07. The molecule has 0 aliphatic heterocycles. The number of rotatable bonds is 3. The van der Waals surface area contributed by atoms with Gasteiger partial charge in [-0.15, -0.1) is 0 Å². The molecule has 0 atom stereocenters. The van der Waals surface area contributed by atoms with Crippen molar-refractivity contribution in [3.8, 4) is 11.5 Å². The van der Waals surface area contributed by atoms with Crippen molar-refractivity contribution in [1.82, 2.24) is 4.57 Å². The molecule has 20 heavy (non-hydrogen) atoms. The zero-order chi connectivity index (χ0) is 14.1. The number of anilines is 1. The number of nitrogen functional groups attached to an aromatic ring is 1. The minimum Gasteiger partial charge on any atom is -0.508 e. The van der Waals surface area contributed by atoms with Crippen LogP contribution < -0.4 is 10.5 Å². The first kappa shape index (κ1) is 12.4. The van der Waals surface area contributed by atoms with Crippen molar-refractivity contribution in [2.45, 2.75) is 6.61 Å². The molecule has 0 spiro atoms. The molecule has 0 unspecified atom stereocenters. The molecule has 0 aliphatic rings. The number of hydrogen-bond donors (Lipinski definition) is 2. The summed E-state index contributed by atoms with van der Waals surface area (Å²) in [7, 11) is 2.00. The zero-order valence-electron chi connectivity index (χ0n) is 11.2. The molecular formula is C16H16N2O2. The zero-order valence-corrected chi connectivity index (χ0v) is 11.2. The number of fused-ring (bicyclic) bond motifs is 1. The largest absolute Gasteiger partial charge is 0.508 e. The van der Waals surface area contributed by atoms with Crippen LogP contribution >= 0.6 is 0 Å². The van der Waals surface area contributed by atoms with Crippen LogP contribution in [0.25, 0.3) is 10.9 Å². The van der Waals surface area contributed by atoms with Crippen molar-refractivity contribution < 1.29 is 9.84 Å². The lowest BCUT2D eigenvalue weighted by Crippen LogP contribution is -2.01. The van der Waals surface area contributed by atoms with Gasteiger partial charge in [0.05, 0.1) is 5.69 Å². The average Bonchev–Trinajstić information content (AvgIpc) is 2.72. The molecule has 1 aromatic heterocycles. The highest BCUT2D eigenvalue weighted by molar-refractivity contribution is 5.84. The van der Waals surface area contributed by atoms with Gasteiger partial charge in [-0.2, -0.15) is 0 Å². The van der Waals surface area contributed by atoms with E-state index in [9.17, 15) is 5.11 Å². The molecule has 0 saturated carbocycles. The number of phenols is 1. The van der Waals surface area contributed by atoms with Crippen LogP contribution in [0.4, 0.5) is 5.69 Å². The predicted molar refractivity (Wildman–Crippen MR) is 79.8 cm³/mol. The summed E-state index contributed by atoms with van der Waals surface area (Å²) in [6.45, 7) is 0.439. The van der Waals surface area contributed by atoms with Gasteiger partial charge in [-0.05, 0) is 36.4 Å². The summed E-state index contributed by atoms with van der Waals surface area (Å²) in [4.78, 5) is 0. The van der Waals surface area contributed by atoms with Gasteiger partial charge in [0.25, 0.3) is 0 Å². The van der Waals surface area contributed by atoms with Gasteiger partial charge in [-0.25, -0.2) is 0 Å². The SMILES string of the molecule is Cn1c(COc2cccc(O)c2)cc2cc(N)ccc21. The number of ether oxygens (including phenoxy) is 1. The van der Waals surface area contributed by atoms with E-state index in [1.807, 2.05) is 31.3 Å². The Bertz CT molecular complexity index is 762. The molecule has 102 valence electrons. The molecule has 0 radical (unpaired) electrons. The van der Waals surface area contributed by atoms with Gasteiger partial charge in [0.15, 0.2) is 0 Å². The third-order valence-corrected chi connectivity index (χ3v) is 3.37. The molecule has 0 fully saturated rings. The fourth-order valence-corrected chi connectivity index (χ4v) is 2.29. The van der Waals surface area contributed by atoms with Crippen LogP contribution in [-0.4, -0.2) is 9.67 Å². The molecule has 2 aromatic carbocycles. The Labute approximate surface area is 117 Å². The minimum atomic E-state index is 0.201. The van der Waals surface area contributed by atoms with Gasteiger partial charge in [-0.3, -0.25) is 0 Å². The van der Waals surface area contributed by atoms with Crippen LogP contribution in [-0.2, 0) is 13.7 Å². The summed E-state index contributed by atoms with van der Waals surface area (Å²) in [6.07, 6.45) is 0. The van der Waals surface area contributed by atoms with Gasteiger partial charge >= 0.3 is 0 Å². The van der Waals surface area contributed by atoms with Crippen molar-refractivity contribution in [3.63, 3.8) is 0 Å². The average molecular weight is 268 g/mol. The van der Waals surface area contributed by atoms with E-state index in [1.165, 1.54) is 0 Å². The highest BCUT2D eigenvalue weighted by Crippen LogP contribution is 2.23. The molecule has 4 nitrogen and oxygen atoms in total. The summed E-state index contributed by atoms with van der Waals surface area (Å²) < 4.78 is 7.78. The lowest BCUT2D eigenvalue weighted by molar-refractivity contribution is 0.296. The third-order valence-electron chi connectivity index (χ3n) is 3.37. The number of benzene rings is 2. The second-order valence-electron chi connectivity index (χ2n) is 4.80. The van der Waals surface area contributed by atoms with E-state index < -0.39 is 0 Å². The van der Waals surface area contributed by atoms with Crippen LogP contribution in [0.15, 0.2) is 48.5 Å². The van der Waals surface area contributed by atoms with Crippen molar-refractivity contribution in [1.29, 1.82) is 0 Å². The van der Waals surface area contributed by atoms with Crippen molar-refractivity contribution in [2.75, 3.05) is 5.73 Å². The number of nitrogens with two attached hydrogens (primary N) is 1. The van der Waals surface area contributed by atoms with Crippen LogP contribution in [0.2, 0.25) is 0 Å². The normalized spacial score (nSPS) is 10.8. The van der Waals surface area contributed by atoms with E-state index in [2.05, 4.69) is 10.6 Å². The molecule has 0 amide bonds. The second-order valence-corrected chi connectivity index (χ2v) is 4.80. The first-order valence-corrected chi connectivity index (χ1v) is 6.39. The number of hydrogen-bond acceptors (Lipinski definition) is 3. The smallest absolute Gasteiger partial charge is 0.128 e. The maximum atomic E-state index is 9.41. The minimum absolute atomic E-state index is 0.201. The van der Waals surface area contributed by atoms with Gasteiger partial charge in [0, 0.05) is 29.7 Å². The molecule has 3 N–H and O–H groups in total. The van der Waals surface area contributed by atoms with Crippen LogP contribution in [0.3, 0.4) is 0 Å². The standard InChI is InChI=1S/C16H16N2O2/c1-18-13(8-11-7-12(17)5-6-16(11)18)10-20-15-4-2-3-14(19)9-15/h2-9,19H,10,17H2,1H3. The maximum absolute atomic E-state index is 9.41. The monoisotopic (exact) mass is 268 g/mol. The molecule has 3 rings (SSSR count). The van der Waals surface area contributed by atoms with E-state index >= 15 is 0 Å². The third kappa shape index (κ3) is 2.28. The van der Waals surface area contributed by atoms with Crippen molar-refractivity contribution in [2.24, 2.45) is 7.05 Å². The van der Waals surface area contributed by atoms with E-state index in [4.69, 9.17) is 10.5 Å². The Kier molecular flexibility index (Phi) is 2.99. The Morgan fingerprint density at radius 3 is 2.80 bits per heavy atom. The van der Waals surface area contributed by atoms with Gasteiger partial charge in [0.1, 0.15) is 18.1 Å². The highest BCUT2D eigenvalue weighted by atomic mass is 16.5. The van der Waals surface area contributed by atoms with E-state index in [0.717, 1.165) is 22.3 Å². The molecular weight excluding hydrogens is 252 g/mol. The van der Waals surface area contributed by atoms with Gasteiger partial charge in [-0.1, -0.05) is 6.07 Å². The van der Waals surface area contributed by atoms with Gasteiger partial charge in [0.2, 0.25) is 0 Å². The van der Waals surface area contributed by atoms with Crippen molar-refractivity contribution in [3.05, 3.63) is 54.2 Å². The number of phenolic OH excluding ortho intramolecular Hbond substituents is 1. The summed E-state index contributed by atoms with van der Waals surface area (Å²) in [5.74, 6) is 0.849. The Morgan fingerprint density at radius 2 is 2.00 bits per heavy atom. The number of aromatic nitrogens is 1. The molecule has 4 heteroatoms. The molecule has 0 saturated heterocycles. The van der Waals surface area contributed by atoms with Gasteiger partial charge < -0.3 is 20.1 Å². The fourth-order valence-electron chi connectivity index (χ4n) is 2.29. The molecule has 0 bridgehead atoms. The fraction of sp³-hybridized carbons (Fsp3) is 0.125. The Balaban J connectivity index is 1.86. The second kappa shape index (κ2) is 4.81. The molecule has 1 heterocycles. The summed E-state index contributed by atoms with van der Waals surface area (Å²) in [5.41, 5.74) is 8.72. The Morgan fingerprint density at radius 1 is 1.15 bits per heavy atom. The summed E-state index contributed by atoms with van der Waals surface area (Å²) >= 11 is 0. The van der Waals surface area contributed by atoms with Crippen LogP contribution in [0.5, 0.6) is 11.5 Å². The number of aryl methyl sites for hydroxylation is 1. The first-order chi connectivity index (χ1) is 9.63. The van der Waals surface area contributed by atoms with Crippen molar-refractivity contribution >= 4 is 16.6 Å². The van der Waals surface area contributed by atoms with E-state index in [-0.39, 0.29) is 5.75 Å². The number of aromatic hydroxyl groups is 1.